The Morgan fingerprint density at radius 2 is 2.33 bits per heavy atom. The van der Waals surface area contributed by atoms with Crippen LogP contribution in [-0.4, -0.2) is 24.7 Å². The van der Waals surface area contributed by atoms with E-state index in [0.29, 0.717) is 5.88 Å². The lowest BCUT2D eigenvalue weighted by Gasteiger charge is -2.29. The fourth-order valence-corrected chi connectivity index (χ4v) is 1.80. The molecule has 1 aliphatic rings. The summed E-state index contributed by atoms with van der Waals surface area (Å²) in [4.78, 5) is 12.6. The quantitative estimate of drug-likeness (QED) is 0.826. The number of rotatable bonds is 4. The molecule has 0 spiro atoms. The van der Waals surface area contributed by atoms with Crippen LogP contribution in [-0.2, 0) is 0 Å². The van der Waals surface area contributed by atoms with E-state index in [9.17, 15) is 4.79 Å². The number of nitrogens with zero attached hydrogens (tertiary/aromatic N) is 1. The molecule has 0 unspecified atom stereocenters. The van der Waals surface area contributed by atoms with Crippen molar-refractivity contribution in [2.45, 2.75) is 19.3 Å². The van der Waals surface area contributed by atoms with Crippen LogP contribution >= 0.6 is 0 Å². The molecule has 1 aromatic rings. The van der Waals surface area contributed by atoms with Crippen LogP contribution in [0, 0.1) is 5.92 Å². The monoisotopic (exact) mass is 209 g/mol. The zero-order valence-corrected chi connectivity index (χ0v) is 8.77. The maximum absolute atomic E-state index is 10.6. The van der Waals surface area contributed by atoms with Crippen molar-refractivity contribution in [2.75, 3.05) is 18.5 Å². The van der Waals surface area contributed by atoms with Gasteiger partial charge < -0.3 is 14.4 Å². The minimum Gasteiger partial charge on any atom is -0.475 e. The Morgan fingerprint density at radius 1 is 1.60 bits per heavy atom. The van der Waals surface area contributed by atoms with Gasteiger partial charge in [0, 0.05) is 19.7 Å². The minimum atomic E-state index is -1.02. The summed E-state index contributed by atoms with van der Waals surface area (Å²) in [5, 5.41) is 8.71. The average Bonchev–Trinajstić information content (AvgIpc) is 2.59. The highest BCUT2D eigenvalue weighted by Gasteiger charge is 2.20. The molecular weight excluding hydrogens is 194 g/mol. The Balaban J connectivity index is 1.97. The van der Waals surface area contributed by atoms with Crippen LogP contribution in [0.4, 0.5) is 5.88 Å². The summed E-state index contributed by atoms with van der Waals surface area (Å²) >= 11 is 0. The zero-order chi connectivity index (χ0) is 10.8. The minimum absolute atomic E-state index is 0.00506. The van der Waals surface area contributed by atoms with Crippen LogP contribution < -0.4 is 4.90 Å². The number of carboxylic acids is 1. The molecule has 2 rings (SSSR count). The topological polar surface area (TPSA) is 53.7 Å². The average molecular weight is 209 g/mol. The number of carboxylic acid groups (broad SMARTS) is 1. The summed E-state index contributed by atoms with van der Waals surface area (Å²) in [6.07, 6.45) is 3.87. The van der Waals surface area contributed by atoms with E-state index in [1.807, 2.05) is 11.9 Å². The second-order valence-electron chi connectivity index (χ2n) is 4.12. The van der Waals surface area contributed by atoms with Crippen molar-refractivity contribution in [3.63, 3.8) is 0 Å². The van der Waals surface area contributed by atoms with Gasteiger partial charge in [-0.15, -0.1) is 0 Å². The highest BCUT2D eigenvalue weighted by molar-refractivity contribution is 5.84. The van der Waals surface area contributed by atoms with Gasteiger partial charge in [0.1, 0.15) is 0 Å². The van der Waals surface area contributed by atoms with Crippen molar-refractivity contribution in [3.05, 3.63) is 17.9 Å². The molecule has 1 aromatic heterocycles. The first-order valence-corrected chi connectivity index (χ1v) is 5.21. The van der Waals surface area contributed by atoms with Crippen LogP contribution in [0.1, 0.15) is 29.8 Å². The number of hydrogen-bond donors (Lipinski definition) is 1. The lowest BCUT2D eigenvalue weighted by atomic mass is 9.85. The molecule has 0 bridgehead atoms. The van der Waals surface area contributed by atoms with Crippen molar-refractivity contribution in [1.82, 2.24) is 0 Å². The Labute approximate surface area is 88.5 Å². The molecule has 1 saturated carbocycles. The van der Waals surface area contributed by atoms with Gasteiger partial charge in [0.15, 0.2) is 5.88 Å². The lowest BCUT2D eigenvalue weighted by Crippen LogP contribution is -2.28. The van der Waals surface area contributed by atoms with Gasteiger partial charge in [-0.05, 0) is 24.8 Å². The van der Waals surface area contributed by atoms with Crippen LogP contribution in [0.25, 0.3) is 0 Å². The standard InChI is InChI=1S/C11H15NO3/c1-12(7-8-3-2-4-8)10-6-5-9(15-10)11(13)14/h5-6,8H,2-4,7H2,1H3,(H,13,14). The number of hydrogen-bond acceptors (Lipinski definition) is 3. The highest BCUT2D eigenvalue weighted by Crippen LogP contribution is 2.28. The molecule has 15 heavy (non-hydrogen) atoms. The number of anilines is 1. The second kappa shape index (κ2) is 3.96. The number of aromatic carboxylic acids is 1. The van der Waals surface area contributed by atoms with Crippen LogP contribution in [0.15, 0.2) is 16.5 Å². The van der Waals surface area contributed by atoms with E-state index in [0.717, 1.165) is 12.5 Å². The van der Waals surface area contributed by atoms with Crippen molar-refractivity contribution < 1.29 is 14.3 Å². The highest BCUT2D eigenvalue weighted by atomic mass is 16.4. The van der Waals surface area contributed by atoms with Crippen LogP contribution in [0.3, 0.4) is 0 Å². The molecule has 1 N–H and O–H groups in total. The van der Waals surface area contributed by atoms with Crippen molar-refractivity contribution in [2.24, 2.45) is 5.92 Å². The maximum atomic E-state index is 10.6. The van der Waals surface area contributed by atoms with Crippen molar-refractivity contribution >= 4 is 11.9 Å². The van der Waals surface area contributed by atoms with E-state index in [4.69, 9.17) is 9.52 Å². The first-order chi connectivity index (χ1) is 7.16. The molecule has 0 saturated heterocycles. The Hall–Kier alpha value is -1.45. The van der Waals surface area contributed by atoms with E-state index in [1.165, 1.54) is 25.3 Å². The smallest absolute Gasteiger partial charge is 0.371 e. The largest absolute Gasteiger partial charge is 0.475 e. The van der Waals surface area contributed by atoms with E-state index < -0.39 is 5.97 Å². The molecule has 0 amide bonds. The number of carbonyl (C=O) groups is 1. The Bertz CT molecular complexity index is 354. The zero-order valence-electron chi connectivity index (χ0n) is 8.77. The Morgan fingerprint density at radius 3 is 2.80 bits per heavy atom. The van der Waals surface area contributed by atoms with E-state index in [2.05, 4.69) is 0 Å². The van der Waals surface area contributed by atoms with Crippen molar-refractivity contribution in [1.29, 1.82) is 0 Å². The van der Waals surface area contributed by atoms with Gasteiger partial charge in [0.2, 0.25) is 5.76 Å². The van der Waals surface area contributed by atoms with E-state index in [-0.39, 0.29) is 5.76 Å². The Kier molecular flexibility index (Phi) is 2.66. The third-order valence-corrected chi connectivity index (χ3v) is 2.94. The first-order valence-electron chi connectivity index (χ1n) is 5.21. The van der Waals surface area contributed by atoms with Crippen molar-refractivity contribution in [3.8, 4) is 0 Å². The first kappa shape index (κ1) is 10.1. The van der Waals surface area contributed by atoms with Gasteiger partial charge in [-0.3, -0.25) is 0 Å². The summed E-state index contributed by atoms with van der Waals surface area (Å²) in [5.41, 5.74) is 0. The molecule has 1 fully saturated rings. The predicted octanol–water partition coefficient (Wildman–Crippen LogP) is 2.21. The molecule has 0 aromatic carbocycles. The van der Waals surface area contributed by atoms with Crippen LogP contribution in [0.5, 0.6) is 0 Å². The predicted molar refractivity (Wildman–Crippen MR) is 56.3 cm³/mol. The third-order valence-electron chi connectivity index (χ3n) is 2.94. The molecule has 1 heterocycles. The van der Waals surface area contributed by atoms with Gasteiger partial charge in [0.25, 0.3) is 0 Å². The van der Waals surface area contributed by atoms with E-state index in [1.54, 1.807) is 6.07 Å². The van der Waals surface area contributed by atoms with Gasteiger partial charge in [-0.2, -0.15) is 0 Å². The normalized spacial score (nSPS) is 16.1. The third kappa shape index (κ3) is 2.14. The molecular formula is C11H15NO3. The SMILES string of the molecule is CN(CC1CCC1)c1ccc(C(=O)O)o1. The second-order valence-corrected chi connectivity index (χ2v) is 4.12. The van der Waals surface area contributed by atoms with Crippen LogP contribution in [0.2, 0.25) is 0 Å². The molecule has 4 nitrogen and oxygen atoms in total. The van der Waals surface area contributed by atoms with Gasteiger partial charge >= 0.3 is 5.97 Å². The molecule has 0 atom stereocenters. The maximum Gasteiger partial charge on any atom is 0.371 e. The molecule has 1 aliphatic carbocycles. The lowest BCUT2D eigenvalue weighted by molar-refractivity contribution is 0.0663. The number of furan rings is 1. The summed E-state index contributed by atoms with van der Waals surface area (Å²) < 4.78 is 5.20. The summed E-state index contributed by atoms with van der Waals surface area (Å²) in [6, 6.07) is 3.21. The van der Waals surface area contributed by atoms with Gasteiger partial charge in [-0.25, -0.2) is 4.79 Å². The molecule has 0 radical (unpaired) electrons. The summed E-state index contributed by atoms with van der Waals surface area (Å²) in [7, 11) is 1.93. The fourth-order valence-electron chi connectivity index (χ4n) is 1.80. The van der Waals surface area contributed by atoms with E-state index >= 15 is 0 Å². The van der Waals surface area contributed by atoms with Gasteiger partial charge in [-0.1, -0.05) is 6.42 Å². The fraction of sp³-hybridized carbons (Fsp3) is 0.545. The molecule has 82 valence electrons. The molecule has 0 aliphatic heterocycles. The summed E-state index contributed by atoms with van der Waals surface area (Å²) in [5.74, 6) is 0.372. The summed E-state index contributed by atoms with van der Waals surface area (Å²) in [6.45, 7) is 0.951. The van der Waals surface area contributed by atoms with Gasteiger partial charge in [0.05, 0.1) is 0 Å². The molecule has 4 heteroatoms.